The summed E-state index contributed by atoms with van der Waals surface area (Å²) in [4.78, 5) is 35.5. The molecule has 2 bridgehead atoms. The molecule has 0 aliphatic carbocycles. The number of aromatic nitrogens is 3. The highest BCUT2D eigenvalue weighted by Gasteiger charge is 2.49. The number of aromatic amines is 1. The average Bonchev–Trinajstić information content (AvgIpc) is 3.37. The van der Waals surface area contributed by atoms with Gasteiger partial charge in [-0.25, -0.2) is 4.98 Å². The first-order valence-electron chi connectivity index (χ1n) is 12.0. The van der Waals surface area contributed by atoms with Gasteiger partial charge in [-0.15, -0.1) is 0 Å². The third-order valence-corrected chi connectivity index (χ3v) is 7.80. The van der Waals surface area contributed by atoms with E-state index in [9.17, 15) is 20.0 Å². The maximum atomic E-state index is 13.5. The van der Waals surface area contributed by atoms with Gasteiger partial charge in [-0.3, -0.25) is 14.8 Å². The standard InChI is InChI=1S/C25H27N6O4/c32-23-3-1-2-21-16-8-17(13-29(21)23)24-20(25(33)27-7-6-18-11-26-14-28-18)10-15-9-19(31(34)35)4-5-22(15)30(24)12-16/h1-5,9,11,14,16-17,20,24,34H,6-8,10,12-13H2,(H,26,28)(H,27,33)/q-1/t16?,17?,20-,24+/m1/s1. The second-order valence-electron chi connectivity index (χ2n) is 9.75. The van der Waals surface area contributed by atoms with E-state index in [0.717, 1.165) is 29.1 Å². The summed E-state index contributed by atoms with van der Waals surface area (Å²) in [6, 6.07) is 10.5. The van der Waals surface area contributed by atoms with Gasteiger partial charge in [0.25, 0.3) is 5.56 Å². The first-order valence-corrected chi connectivity index (χ1v) is 12.0. The maximum absolute atomic E-state index is 13.5. The van der Waals surface area contributed by atoms with Crippen molar-refractivity contribution in [3.05, 3.63) is 81.4 Å². The number of hydrogen-bond acceptors (Lipinski definition) is 7. The fourth-order valence-electron chi connectivity index (χ4n) is 6.33. The fourth-order valence-corrected chi connectivity index (χ4v) is 6.33. The van der Waals surface area contributed by atoms with Crippen LogP contribution in [0, 0.1) is 17.0 Å². The Morgan fingerprint density at radius 2 is 2.17 bits per heavy atom. The Morgan fingerprint density at radius 1 is 1.29 bits per heavy atom. The molecule has 3 aromatic rings. The number of nitrogens with zero attached hydrogens (tertiary/aromatic N) is 4. The summed E-state index contributed by atoms with van der Waals surface area (Å²) in [5.74, 6) is -0.0534. The lowest BCUT2D eigenvalue weighted by Crippen LogP contribution is -2.61. The summed E-state index contributed by atoms with van der Waals surface area (Å²) in [6.45, 7) is 1.76. The first-order chi connectivity index (χ1) is 17.0. The molecule has 1 saturated heterocycles. The van der Waals surface area contributed by atoms with Crippen molar-refractivity contribution in [2.24, 2.45) is 11.8 Å². The molecule has 4 atom stereocenters. The number of carbonyl (C=O) groups excluding carboxylic acids is 1. The van der Waals surface area contributed by atoms with Gasteiger partial charge in [0.2, 0.25) is 5.91 Å². The zero-order valence-electron chi connectivity index (χ0n) is 19.1. The van der Waals surface area contributed by atoms with E-state index in [1.165, 1.54) is 0 Å². The van der Waals surface area contributed by atoms with Crippen LogP contribution >= 0.6 is 0 Å². The van der Waals surface area contributed by atoms with E-state index in [0.29, 0.717) is 32.5 Å². The predicted molar refractivity (Wildman–Crippen MR) is 129 cm³/mol. The van der Waals surface area contributed by atoms with E-state index in [1.807, 2.05) is 22.8 Å². The summed E-state index contributed by atoms with van der Waals surface area (Å²) in [7, 11) is 0. The lowest BCUT2D eigenvalue weighted by molar-refractivity contribution is -0.126. The number of fused-ring (bicyclic) bond motifs is 8. The highest BCUT2D eigenvalue weighted by Crippen LogP contribution is 2.47. The van der Waals surface area contributed by atoms with Crippen LogP contribution in [0.5, 0.6) is 0 Å². The van der Waals surface area contributed by atoms with Crippen LogP contribution in [-0.4, -0.2) is 44.8 Å². The Kier molecular flexibility index (Phi) is 5.34. The van der Waals surface area contributed by atoms with Gasteiger partial charge in [-0.1, -0.05) is 6.07 Å². The summed E-state index contributed by atoms with van der Waals surface area (Å²) >= 11 is 0. The van der Waals surface area contributed by atoms with Gasteiger partial charge in [0.05, 0.1) is 17.9 Å². The van der Waals surface area contributed by atoms with Gasteiger partial charge < -0.3 is 30.2 Å². The molecular weight excluding hydrogens is 448 g/mol. The molecular formula is C25H27N6O4-. The molecule has 182 valence electrons. The molecule has 3 N–H and O–H groups in total. The van der Waals surface area contributed by atoms with Gasteiger partial charge in [0, 0.05) is 67.4 Å². The van der Waals surface area contributed by atoms with Crippen molar-refractivity contribution in [2.75, 3.05) is 23.2 Å². The topological polar surface area (TPSA) is 130 Å². The van der Waals surface area contributed by atoms with E-state index in [2.05, 4.69) is 20.2 Å². The van der Waals surface area contributed by atoms with Gasteiger partial charge in [0.15, 0.2) is 0 Å². The fraction of sp³-hybridized carbons (Fsp3) is 0.400. The van der Waals surface area contributed by atoms with Crippen molar-refractivity contribution in [2.45, 2.75) is 37.8 Å². The quantitative estimate of drug-likeness (QED) is 0.480. The third-order valence-electron chi connectivity index (χ3n) is 7.80. The number of piperidine rings is 1. The Morgan fingerprint density at radius 3 is 2.97 bits per heavy atom. The number of benzene rings is 1. The summed E-state index contributed by atoms with van der Waals surface area (Å²) in [5, 5.41) is 24.0. The highest BCUT2D eigenvalue weighted by molar-refractivity contribution is 5.82. The molecule has 10 nitrogen and oxygen atoms in total. The van der Waals surface area contributed by atoms with E-state index in [4.69, 9.17) is 0 Å². The Hall–Kier alpha value is -3.63. The molecule has 1 amide bonds. The summed E-state index contributed by atoms with van der Waals surface area (Å²) < 4.78 is 1.88. The van der Waals surface area contributed by atoms with E-state index < -0.39 is 0 Å². The van der Waals surface area contributed by atoms with Crippen LogP contribution in [0.15, 0.2) is 53.7 Å². The minimum absolute atomic E-state index is 0.00513. The lowest BCUT2D eigenvalue weighted by Gasteiger charge is -2.54. The Balaban J connectivity index is 1.34. The normalized spacial score (nSPS) is 24.2. The van der Waals surface area contributed by atoms with Crippen molar-refractivity contribution in [1.82, 2.24) is 19.9 Å². The Labute approximate surface area is 201 Å². The van der Waals surface area contributed by atoms with Gasteiger partial charge in [0.1, 0.15) is 0 Å². The predicted octanol–water partition coefficient (Wildman–Crippen LogP) is 1.79. The Bertz CT molecular complexity index is 1300. The van der Waals surface area contributed by atoms with E-state index >= 15 is 0 Å². The number of hydrogen-bond donors (Lipinski definition) is 3. The summed E-state index contributed by atoms with van der Waals surface area (Å²) in [6.07, 6.45) is 5.41. The molecule has 2 aromatic heterocycles. The molecule has 5 heterocycles. The number of imidazole rings is 1. The van der Waals surface area contributed by atoms with Crippen LogP contribution in [0.4, 0.5) is 11.4 Å². The van der Waals surface area contributed by atoms with Crippen molar-refractivity contribution < 1.29 is 10.0 Å². The molecule has 1 aromatic carbocycles. The monoisotopic (exact) mass is 475 g/mol. The van der Waals surface area contributed by atoms with Crippen LogP contribution in [0.3, 0.4) is 0 Å². The van der Waals surface area contributed by atoms with Crippen molar-refractivity contribution in [3.8, 4) is 0 Å². The second-order valence-corrected chi connectivity index (χ2v) is 9.75. The van der Waals surface area contributed by atoms with Crippen LogP contribution in [0.1, 0.15) is 29.3 Å². The third kappa shape index (κ3) is 3.78. The first kappa shape index (κ1) is 21.9. The van der Waals surface area contributed by atoms with Gasteiger partial charge >= 0.3 is 0 Å². The van der Waals surface area contributed by atoms with E-state index in [-0.39, 0.29) is 46.2 Å². The molecule has 0 saturated carbocycles. The minimum Gasteiger partial charge on any atom is -0.733 e. The van der Waals surface area contributed by atoms with Crippen LogP contribution in [0.25, 0.3) is 0 Å². The van der Waals surface area contributed by atoms with Crippen molar-refractivity contribution >= 4 is 17.3 Å². The minimum atomic E-state index is -0.342. The molecule has 6 rings (SSSR count). The molecule has 3 aliphatic rings. The van der Waals surface area contributed by atoms with Crippen LogP contribution in [-0.2, 0) is 24.2 Å². The molecule has 35 heavy (non-hydrogen) atoms. The van der Waals surface area contributed by atoms with Gasteiger partial charge in [-0.2, -0.15) is 0 Å². The maximum Gasteiger partial charge on any atom is 0.250 e. The zero-order chi connectivity index (χ0) is 24.1. The smallest absolute Gasteiger partial charge is 0.250 e. The number of anilines is 2. The average molecular weight is 476 g/mol. The number of carbonyl (C=O) groups is 1. The van der Waals surface area contributed by atoms with Crippen molar-refractivity contribution in [1.29, 1.82) is 0 Å². The SMILES string of the molecule is O=C(NCCc1cnc[nH]1)[C@@H]1Cc2cc(N([O-])O)ccc2N2CC3CC(Cn4c3cccc4=O)[C@@H]12. The number of nitrogens with one attached hydrogen (secondary N) is 2. The molecule has 3 aliphatic heterocycles. The number of rotatable bonds is 5. The highest BCUT2D eigenvalue weighted by atomic mass is 16.8. The van der Waals surface area contributed by atoms with E-state index in [1.54, 1.807) is 30.7 Å². The molecule has 10 heteroatoms. The lowest BCUT2D eigenvalue weighted by atomic mass is 9.70. The summed E-state index contributed by atoms with van der Waals surface area (Å²) in [5.41, 5.74) is 4.00. The number of amides is 1. The van der Waals surface area contributed by atoms with Gasteiger partial charge in [-0.05, 0) is 48.6 Å². The largest absolute Gasteiger partial charge is 0.733 e. The van der Waals surface area contributed by atoms with Crippen LogP contribution < -0.4 is 21.0 Å². The molecule has 2 unspecified atom stereocenters. The molecule has 1 fully saturated rings. The number of pyridine rings is 1. The zero-order valence-corrected chi connectivity index (χ0v) is 19.1. The van der Waals surface area contributed by atoms with Crippen molar-refractivity contribution in [3.63, 3.8) is 0 Å². The molecule has 0 radical (unpaired) electrons. The number of H-pyrrole nitrogens is 1. The molecule has 0 spiro atoms. The van der Waals surface area contributed by atoms with Crippen LogP contribution in [0.2, 0.25) is 0 Å². The second kappa shape index (κ2) is 8.54.